The number of pyridine rings is 1. The molecular formula is C38H42FN9O4S. The van der Waals surface area contributed by atoms with Crippen LogP contribution in [-0.2, 0) is 16.1 Å². The lowest BCUT2D eigenvalue weighted by Crippen LogP contribution is -2.45. The molecule has 0 bridgehead atoms. The number of likely N-dealkylation sites (tertiary alicyclic amines) is 1. The first-order valence-electron chi connectivity index (χ1n) is 17.6. The van der Waals surface area contributed by atoms with Gasteiger partial charge in [-0.3, -0.25) is 24.3 Å². The maximum Gasteiger partial charge on any atom is 0.241 e. The van der Waals surface area contributed by atoms with Gasteiger partial charge in [-0.1, -0.05) is 12.1 Å². The largest absolute Gasteiger partial charge is 0.475 e. The van der Waals surface area contributed by atoms with E-state index in [1.54, 1.807) is 12.3 Å². The number of aliphatic hydroxyl groups excluding tert-OH is 1. The van der Waals surface area contributed by atoms with E-state index in [0.29, 0.717) is 56.2 Å². The molecule has 1 atom stereocenters. The number of aliphatic hydroxyl groups is 1. The molecule has 2 amide bonds. The van der Waals surface area contributed by atoms with Crippen LogP contribution in [0.15, 0.2) is 67.1 Å². The average Bonchev–Trinajstić information content (AvgIpc) is 3.91. The lowest BCUT2D eigenvalue weighted by molar-refractivity contribution is -0.132. The summed E-state index contributed by atoms with van der Waals surface area (Å²) in [5.41, 5.74) is 5.09. The van der Waals surface area contributed by atoms with Gasteiger partial charge in [0.2, 0.25) is 17.7 Å². The Bertz CT molecular complexity index is 2150. The summed E-state index contributed by atoms with van der Waals surface area (Å²) in [7, 11) is 0. The van der Waals surface area contributed by atoms with Crippen molar-refractivity contribution < 1.29 is 23.8 Å². The first-order valence-corrected chi connectivity index (χ1v) is 18.8. The standard InChI is InChI=1S/C38H42FN9O4S/c1-24(2)52-33-9-5-27(20-40-33)35-30-19-28(6-8-32(30)43-44-35)42-37(51)38(53-3)12-15-46(22-38)21-34(50)47-13-10-25(11-14-47)26-4-7-29(31(39)18-26)36-41-23-48(45-36)16-17-49/h4-10,18-20,23-24,49H,11-17,21-22H2,1-3H3,(H,42,51)(H,43,44)/t38-/m0/s1. The number of halogens is 1. The predicted octanol–water partition coefficient (Wildman–Crippen LogP) is 4.86. The topological polar surface area (TPSA) is 154 Å². The van der Waals surface area contributed by atoms with Crippen molar-refractivity contribution in [2.45, 2.75) is 44.1 Å². The van der Waals surface area contributed by atoms with E-state index in [2.05, 4.69) is 35.5 Å². The van der Waals surface area contributed by atoms with Crippen molar-refractivity contribution in [2.75, 3.05) is 50.9 Å². The summed E-state index contributed by atoms with van der Waals surface area (Å²) >= 11 is 1.51. The van der Waals surface area contributed by atoms with Crippen LogP contribution in [0.3, 0.4) is 0 Å². The molecule has 0 radical (unpaired) electrons. The highest BCUT2D eigenvalue weighted by Crippen LogP contribution is 2.36. The third kappa shape index (κ3) is 7.82. The van der Waals surface area contributed by atoms with Crippen molar-refractivity contribution in [3.05, 3.63) is 78.5 Å². The van der Waals surface area contributed by atoms with Gasteiger partial charge in [0, 0.05) is 55.1 Å². The van der Waals surface area contributed by atoms with Gasteiger partial charge in [0.1, 0.15) is 22.6 Å². The molecular weight excluding hydrogens is 698 g/mol. The van der Waals surface area contributed by atoms with Gasteiger partial charge in [0.15, 0.2) is 5.82 Å². The molecule has 276 valence electrons. The first kappa shape index (κ1) is 36.2. The fraction of sp³-hybridized carbons (Fsp3) is 0.368. The Balaban J connectivity index is 0.952. The van der Waals surface area contributed by atoms with E-state index >= 15 is 4.39 Å². The molecule has 15 heteroatoms. The molecule has 5 aromatic rings. The van der Waals surface area contributed by atoms with Gasteiger partial charge in [-0.15, -0.1) is 11.8 Å². The maximum atomic E-state index is 15.1. The van der Waals surface area contributed by atoms with Crippen LogP contribution in [0.25, 0.3) is 39.1 Å². The minimum absolute atomic E-state index is 0.0000839. The molecule has 13 nitrogen and oxygen atoms in total. The number of amides is 2. The van der Waals surface area contributed by atoms with E-state index in [-0.39, 0.29) is 43.4 Å². The van der Waals surface area contributed by atoms with Gasteiger partial charge in [-0.05, 0) is 80.5 Å². The highest BCUT2D eigenvalue weighted by atomic mass is 32.2. The number of fused-ring (bicyclic) bond motifs is 1. The number of rotatable bonds is 12. The number of hydrogen-bond donors (Lipinski definition) is 3. The van der Waals surface area contributed by atoms with E-state index in [0.717, 1.165) is 33.3 Å². The van der Waals surface area contributed by atoms with Gasteiger partial charge in [0.05, 0.1) is 36.9 Å². The predicted molar refractivity (Wildman–Crippen MR) is 203 cm³/mol. The Kier molecular flexibility index (Phi) is 10.6. The van der Waals surface area contributed by atoms with E-state index < -0.39 is 10.6 Å². The van der Waals surface area contributed by atoms with Crippen molar-refractivity contribution >= 4 is 45.7 Å². The summed E-state index contributed by atoms with van der Waals surface area (Å²) in [4.78, 5) is 39.7. The minimum atomic E-state index is -0.706. The number of H-pyrrole nitrogens is 1. The molecule has 2 aliphatic rings. The van der Waals surface area contributed by atoms with Gasteiger partial charge in [-0.2, -0.15) is 10.2 Å². The van der Waals surface area contributed by atoms with E-state index in [1.165, 1.54) is 28.8 Å². The molecule has 0 spiro atoms. The molecule has 0 aliphatic carbocycles. The second-order valence-electron chi connectivity index (χ2n) is 13.6. The summed E-state index contributed by atoms with van der Waals surface area (Å²) in [5, 5.41) is 24.9. The number of benzene rings is 2. The van der Waals surface area contributed by atoms with Crippen molar-refractivity contribution in [2.24, 2.45) is 0 Å². The highest BCUT2D eigenvalue weighted by Gasteiger charge is 2.44. The minimum Gasteiger partial charge on any atom is -0.475 e. The Hall–Kier alpha value is -5.12. The molecule has 1 saturated heterocycles. The molecule has 3 N–H and O–H groups in total. The van der Waals surface area contributed by atoms with Crippen LogP contribution in [0.4, 0.5) is 10.1 Å². The monoisotopic (exact) mass is 739 g/mol. The first-order chi connectivity index (χ1) is 25.6. The third-order valence-electron chi connectivity index (χ3n) is 9.67. The van der Waals surface area contributed by atoms with E-state index in [4.69, 9.17) is 9.84 Å². The molecule has 1 fully saturated rings. The fourth-order valence-electron chi connectivity index (χ4n) is 6.80. The lowest BCUT2D eigenvalue weighted by Gasteiger charge is -2.29. The highest BCUT2D eigenvalue weighted by molar-refractivity contribution is 8.00. The number of ether oxygens (including phenoxy) is 1. The van der Waals surface area contributed by atoms with Gasteiger partial charge in [0.25, 0.3) is 0 Å². The Morgan fingerprint density at radius 1 is 1.11 bits per heavy atom. The van der Waals surface area contributed by atoms with Gasteiger partial charge >= 0.3 is 0 Å². The number of anilines is 1. The molecule has 0 unspecified atom stereocenters. The summed E-state index contributed by atoms with van der Waals surface area (Å²) in [6.45, 7) is 6.36. The Morgan fingerprint density at radius 3 is 2.68 bits per heavy atom. The summed E-state index contributed by atoms with van der Waals surface area (Å²) in [6, 6.07) is 14.4. The second-order valence-corrected chi connectivity index (χ2v) is 14.8. The molecule has 2 aliphatic heterocycles. The average molecular weight is 740 g/mol. The third-order valence-corrected chi connectivity index (χ3v) is 11.0. The number of nitrogens with one attached hydrogen (secondary N) is 2. The molecule has 2 aromatic carbocycles. The Labute approximate surface area is 310 Å². The van der Waals surface area contributed by atoms with Gasteiger partial charge < -0.3 is 20.1 Å². The number of aromatic nitrogens is 6. The van der Waals surface area contributed by atoms with Crippen molar-refractivity contribution in [3.8, 4) is 28.5 Å². The molecule has 53 heavy (non-hydrogen) atoms. The zero-order valence-electron chi connectivity index (χ0n) is 29.9. The quantitative estimate of drug-likeness (QED) is 0.162. The van der Waals surface area contributed by atoms with Crippen LogP contribution in [0.5, 0.6) is 5.88 Å². The number of hydrogen-bond acceptors (Lipinski definition) is 10. The van der Waals surface area contributed by atoms with E-state index in [9.17, 15) is 9.59 Å². The number of nitrogens with zero attached hydrogens (tertiary/aromatic N) is 7. The van der Waals surface area contributed by atoms with Crippen LogP contribution < -0.4 is 10.1 Å². The summed E-state index contributed by atoms with van der Waals surface area (Å²) in [5.74, 6) is 0.282. The van der Waals surface area contributed by atoms with Crippen LogP contribution in [0.1, 0.15) is 32.3 Å². The van der Waals surface area contributed by atoms with Crippen LogP contribution in [-0.4, -0.2) is 113 Å². The molecule has 5 heterocycles. The fourth-order valence-corrected chi connectivity index (χ4v) is 7.64. The van der Waals surface area contributed by atoms with E-state index in [1.807, 2.05) is 67.5 Å². The lowest BCUT2D eigenvalue weighted by atomic mass is 9.98. The zero-order valence-corrected chi connectivity index (χ0v) is 30.7. The number of carbonyl (C=O) groups is 2. The molecule has 0 saturated carbocycles. The molecule has 7 rings (SSSR count). The number of thioether (sulfide) groups is 1. The van der Waals surface area contributed by atoms with Crippen LogP contribution in [0, 0.1) is 5.82 Å². The zero-order chi connectivity index (χ0) is 37.1. The van der Waals surface area contributed by atoms with Crippen molar-refractivity contribution in [1.29, 1.82) is 0 Å². The Morgan fingerprint density at radius 2 is 1.96 bits per heavy atom. The van der Waals surface area contributed by atoms with Crippen molar-refractivity contribution in [3.63, 3.8) is 0 Å². The smallest absolute Gasteiger partial charge is 0.241 e. The SMILES string of the molecule is CS[C@@]1(C(=O)Nc2ccc3[nH]nc(-c4ccc(OC(C)C)nc4)c3c2)CCN(CC(=O)N2CC=C(c3ccc(-c4ncn(CCO)n4)c(F)c3)CC2)C1. The van der Waals surface area contributed by atoms with Gasteiger partial charge in [-0.25, -0.2) is 14.4 Å². The maximum absolute atomic E-state index is 15.1. The van der Waals surface area contributed by atoms with Crippen LogP contribution in [0.2, 0.25) is 0 Å². The second kappa shape index (κ2) is 15.5. The molecule has 3 aromatic heterocycles. The van der Waals surface area contributed by atoms with Crippen molar-refractivity contribution in [1.82, 2.24) is 39.7 Å². The van der Waals surface area contributed by atoms with Crippen LogP contribution >= 0.6 is 11.8 Å². The summed E-state index contributed by atoms with van der Waals surface area (Å²) < 4.78 is 21.5. The number of carbonyl (C=O) groups excluding carboxylic acids is 2. The normalized spacial score (nSPS) is 17.8. The summed E-state index contributed by atoms with van der Waals surface area (Å²) in [6.07, 6.45) is 8.35. The number of aromatic amines is 1.